The fourth-order valence-corrected chi connectivity index (χ4v) is 1.41. The lowest BCUT2D eigenvalue weighted by atomic mass is 10.5. The monoisotopic (exact) mass is 196 g/mol. The molecule has 0 amide bonds. The molecule has 0 aliphatic carbocycles. The van der Waals surface area contributed by atoms with Crippen LogP contribution in [0.2, 0.25) is 0 Å². The van der Waals surface area contributed by atoms with Gasteiger partial charge in [0.2, 0.25) is 5.95 Å². The molecule has 2 aromatic rings. The summed E-state index contributed by atoms with van der Waals surface area (Å²) in [5, 5.41) is 14.1. The van der Waals surface area contributed by atoms with Crippen molar-refractivity contribution in [3.63, 3.8) is 0 Å². The minimum atomic E-state index is 0.661. The number of hydrogen-bond donors (Lipinski definition) is 1. The van der Waals surface area contributed by atoms with Crippen molar-refractivity contribution >= 4 is 17.3 Å². The molecule has 2 rings (SSSR count). The fraction of sp³-hybridized carbons (Fsp3) is 0.333. The van der Waals surface area contributed by atoms with Gasteiger partial charge in [0.1, 0.15) is 0 Å². The molecular formula is C6H8N6S. The van der Waals surface area contributed by atoms with Crippen LogP contribution in [0.1, 0.15) is 4.88 Å². The van der Waals surface area contributed by atoms with Crippen LogP contribution in [-0.4, -0.2) is 25.2 Å². The van der Waals surface area contributed by atoms with Gasteiger partial charge in [0, 0.05) is 18.1 Å². The smallest absolute Gasteiger partial charge is 0.242 e. The van der Waals surface area contributed by atoms with Gasteiger partial charge in [-0.25, -0.2) is 4.68 Å². The van der Waals surface area contributed by atoms with E-state index in [0.717, 1.165) is 4.88 Å². The van der Waals surface area contributed by atoms with Crippen LogP contribution in [0.15, 0.2) is 11.7 Å². The average Bonchev–Trinajstić information content (AvgIpc) is 2.72. The number of nitrogens with zero attached hydrogens (tertiary/aromatic N) is 5. The Balaban J connectivity index is 1.97. The fourth-order valence-electron chi connectivity index (χ4n) is 0.875. The summed E-state index contributed by atoms with van der Waals surface area (Å²) >= 11 is 1.60. The molecule has 0 aromatic carbocycles. The van der Waals surface area contributed by atoms with E-state index in [9.17, 15) is 0 Å². The second-order valence-corrected chi connectivity index (χ2v) is 3.42. The van der Waals surface area contributed by atoms with E-state index in [0.29, 0.717) is 12.5 Å². The van der Waals surface area contributed by atoms with Crippen molar-refractivity contribution in [1.29, 1.82) is 0 Å². The third kappa shape index (κ3) is 1.81. The molecule has 68 valence electrons. The zero-order valence-corrected chi connectivity index (χ0v) is 7.82. The zero-order valence-electron chi connectivity index (χ0n) is 7.01. The molecule has 0 bridgehead atoms. The molecule has 0 saturated carbocycles. The Kier molecular flexibility index (Phi) is 2.17. The van der Waals surface area contributed by atoms with Gasteiger partial charge in [0.25, 0.3) is 0 Å². The first kappa shape index (κ1) is 8.11. The lowest BCUT2D eigenvalue weighted by molar-refractivity contribution is 0.712. The van der Waals surface area contributed by atoms with Gasteiger partial charge in [0.15, 0.2) is 0 Å². The number of nitrogens with one attached hydrogen (secondary N) is 1. The van der Waals surface area contributed by atoms with E-state index >= 15 is 0 Å². The quantitative estimate of drug-likeness (QED) is 0.763. The minimum absolute atomic E-state index is 0.661. The normalized spacial score (nSPS) is 10.2. The maximum atomic E-state index is 3.96. The molecule has 0 spiro atoms. The molecule has 0 saturated heterocycles. The third-order valence-corrected chi connectivity index (χ3v) is 2.30. The Hall–Kier alpha value is -1.50. The largest absolute Gasteiger partial charge is 0.348 e. The Morgan fingerprint density at radius 3 is 3.15 bits per heavy atom. The summed E-state index contributed by atoms with van der Waals surface area (Å²) in [5.41, 5.74) is 1.80. The summed E-state index contributed by atoms with van der Waals surface area (Å²) in [7, 11) is 1.79. The second-order valence-electron chi connectivity index (χ2n) is 2.45. The number of aryl methyl sites for hydroxylation is 1. The third-order valence-electron chi connectivity index (χ3n) is 1.52. The van der Waals surface area contributed by atoms with Gasteiger partial charge < -0.3 is 5.32 Å². The Morgan fingerprint density at radius 2 is 2.54 bits per heavy atom. The summed E-state index contributed by atoms with van der Waals surface area (Å²) in [5.74, 6) is 0.661. The lowest BCUT2D eigenvalue weighted by Gasteiger charge is -1.99. The number of thiazole rings is 1. The highest BCUT2D eigenvalue weighted by molar-refractivity contribution is 7.09. The molecule has 6 nitrogen and oxygen atoms in total. The Bertz CT molecular complexity index is 366. The van der Waals surface area contributed by atoms with E-state index in [1.165, 1.54) is 0 Å². The van der Waals surface area contributed by atoms with Crippen molar-refractivity contribution in [1.82, 2.24) is 25.2 Å². The van der Waals surface area contributed by atoms with E-state index in [1.54, 1.807) is 28.6 Å². The molecular weight excluding hydrogens is 188 g/mol. The van der Waals surface area contributed by atoms with Crippen LogP contribution < -0.4 is 5.32 Å². The summed E-state index contributed by atoms with van der Waals surface area (Å²) in [4.78, 5) is 5.12. The standard InChI is InChI=1S/C6H8N6S/c1-12-6(9-10-11-12)8-3-5-2-7-4-13-5/h2,4H,3H2,1H3,(H,8,9,11). The number of tetrazole rings is 1. The first-order chi connectivity index (χ1) is 6.36. The van der Waals surface area contributed by atoms with Crippen LogP contribution in [0.5, 0.6) is 0 Å². The van der Waals surface area contributed by atoms with Gasteiger partial charge in [-0.15, -0.1) is 11.3 Å². The maximum Gasteiger partial charge on any atom is 0.242 e. The average molecular weight is 196 g/mol. The second kappa shape index (κ2) is 3.48. The number of hydrogen-bond acceptors (Lipinski definition) is 6. The maximum absolute atomic E-state index is 3.96. The van der Waals surface area contributed by atoms with Crippen molar-refractivity contribution < 1.29 is 0 Å². The first-order valence-electron chi connectivity index (χ1n) is 3.70. The predicted molar refractivity (Wildman–Crippen MR) is 48.2 cm³/mol. The molecule has 0 radical (unpaired) electrons. The van der Waals surface area contributed by atoms with Crippen molar-refractivity contribution in [2.75, 3.05) is 5.32 Å². The van der Waals surface area contributed by atoms with Crippen molar-refractivity contribution in [2.45, 2.75) is 6.54 Å². The van der Waals surface area contributed by atoms with Crippen molar-refractivity contribution in [3.05, 3.63) is 16.6 Å². The van der Waals surface area contributed by atoms with Gasteiger partial charge in [-0.2, -0.15) is 0 Å². The topological polar surface area (TPSA) is 68.5 Å². The molecule has 0 fully saturated rings. The van der Waals surface area contributed by atoms with E-state index in [2.05, 4.69) is 25.8 Å². The van der Waals surface area contributed by atoms with Crippen LogP contribution in [0.25, 0.3) is 0 Å². The van der Waals surface area contributed by atoms with Gasteiger partial charge >= 0.3 is 0 Å². The van der Waals surface area contributed by atoms with Crippen LogP contribution in [0, 0.1) is 0 Å². The molecule has 0 atom stereocenters. The van der Waals surface area contributed by atoms with E-state index < -0.39 is 0 Å². The van der Waals surface area contributed by atoms with Gasteiger partial charge in [0.05, 0.1) is 12.1 Å². The first-order valence-corrected chi connectivity index (χ1v) is 4.58. The van der Waals surface area contributed by atoms with Crippen LogP contribution >= 0.6 is 11.3 Å². The molecule has 0 aliphatic rings. The number of anilines is 1. The lowest BCUT2D eigenvalue weighted by Crippen LogP contribution is -2.04. The van der Waals surface area contributed by atoms with Gasteiger partial charge in [-0.05, 0) is 10.4 Å². The highest BCUT2D eigenvalue weighted by atomic mass is 32.1. The zero-order chi connectivity index (χ0) is 9.10. The van der Waals surface area contributed by atoms with Gasteiger partial charge in [-0.3, -0.25) is 4.98 Å². The summed E-state index contributed by atoms with van der Waals surface area (Å²) in [6, 6.07) is 0. The Morgan fingerprint density at radius 1 is 1.62 bits per heavy atom. The van der Waals surface area contributed by atoms with Crippen molar-refractivity contribution in [2.24, 2.45) is 7.05 Å². The summed E-state index contributed by atoms with van der Waals surface area (Å²) < 4.78 is 1.58. The van der Waals surface area contributed by atoms with Gasteiger partial charge in [-0.1, -0.05) is 5.10 Å². The van der Waals surface area contributed by atoms with Crippen LogP contribution in [0.4, 0.5) is 5.95 Å². The van der Waals surface area contributed by atoms with E-state index in [1.807, 2.05) is 6.20 Å². The highest BCUT2D eigenvalue weighted by Crippen LogP contribution is 2.07. The minimum Gasteiger partial charge on any atom is -0.348 e. The molecule has 1 N–H and O–H groups in total. The predicted octanol–water partition coefficient (Wildman–Crippen LogP) is 0.279. The molecule has 2 heterocycles. The molecule has 0 unspecified atom stereocenters. The molecule has 13 heavy (non-hydrogen) atoms. The van der Waals surface area contributed by atoms with E-state index in [4.69, 9.17) is 0 Å². The highest BCUT2D eigenvalue weighted by Gasteiger charge is 2.00. The van der Waals surface area contributed by atoms with Crippen LogP contribution in [-0.2, 0) is 13.6 Å². The summed E-state index contributed by atoms with van der Waals surface area (Å²) in [6.07, 6.45) is 1.82. The van der Waals surface area contributed by atoms with Crippen molar-refractivity contribution in [3.8, 4) is 0 Å². The van der Waals surface area contributed by atoms with Crippen LogP contribution in [0.3, 0.4) is 0 Å². The molecule has 2 aromatic heterocycles. The number of rotatable bonds is 3. The molecule has 0 aliphatic heterocycles. The summed E-state index contributed by atoms with van der Waals surface area (Å²) in [6.45, 7) is 0.707. The molecule has 7 heteroatoms. The SMILES string of the molecule is Cn1nnnc1NCc1cncs1. The number of aromatic nitrogens is 5. The Labute approximate surface area is 78.6 Å². The van der Waals surface area contributed by atoms with E-state index in [-0.39, 0.29) is 0 Å².